The lowest BCUT2D eigenvalue weighted by molar-refractivity contribution is -0.138. The summed E-state index contributed by atoms with van der Waals surface area (Å²) in [6.45, 7) is 7.04. The third-order valence-electron chi connectivity index (χ3n) is 13.1. The van der Waals surface area contributed by atoms with Gasteiger partial charge in [0.25, 0.3) is 11.8 Å². The quantitative estimate of drug-likeness (QED) is 0.0356. The third kappa shape index (κ3) is 24.4. The van der Waals surface area contributed by atoms with Crippen molar-refractivity contribution >= 4 is 122 Å². The van der Waals surface area contributed by atoms with Gasteiger partial charge in [-0.05, 0) is 161 Å². The fraction of sp³-hybridized carbons (Fsp3) is 0.145. The number of amides is 2. The minimum atomic E-state index is -4.45. The summed E-state index contributed by atoms with van der Waals surface area (Å²) in [7, 11) is -0.425. The molecule has 8 aromatic rings. The average Bonchev–Trinajstić information content (AvgIpc) is 1.29. The highest BCUT2D eigenvalue weighted by molar-refractivity contribution is 9.10. The van der Waals surface area contributed by atoms with Crippen molar-refractivity contribution in [2.75, 3.05) is 7.11 Å². The Hall–Kier alpha value is -8.69. The average molecular weight is 1490 g/mol. The van der Waals surface area contributed by atoms with Crippen LogP contribution < -0.4 is 20.8 Å². The SMILES string of the molecule is C.CC#N.COc1ccc(/C=C2\SC(=S)NC2=O)cc1-c1cccc(C(F)(F)F)c1.Cc1ccc(/C=C2\SC(=S)NC2=O)cc1-c1cccc(C(F)(F)F)c1.Cc1ccc(C=O)cc1-c1cccc(C(F)(F)F)c1.Cc1ccc(C=O)cc1Br.OB(O)c1cccc(C(F)(F)F)c1. The van der Waals surface area contributed by atoms with Crippen LogP contribution in [-0.2, 0) is 34.3 Å². The lowest BCUT2D eigenvalue weighted by atomic mass is 9.79. The molecule has 0 unspecified atom stereocenters. The molecule has 2 fully saturated rings. The number of methoxy groups -OCH3 is 1. The summed E-state index contributed by atoms with van der Waals surface area (Å²) in [6, 6.07) is 41.9. The molecule has 4 N–H and O–H groups in total. The molecule has 8 aromatic carbocycles. The number of carbonyl (C=O) groups excluding carboxylic acids is 4. The number of nitrogens with zero attached hydrogens (tertiary/aromatic N) is 1. The zero-order chi connectivity index (χ0) is 71.5. The minimum absolute atomic E-state index is 0. The van der Waals surface area contributed by atoms with Crippen LogP contribution in [0.15, 0.2) is 184 Å². The highest BCUT2D eigenvalue weighted by Crippen LogP contribution is 2.39. The first-order valence-electron chi connectivity index (χ1n) is 27.4. The van der Waals surface area contributed by atoms with E-state index in [0.29, 0.717) is 86.6 Å². The first kappa shape index (κ1) is 80.7. The molecule has 0 atom stereocenters. The Morgan fingerprint density at radius 2 is 0.835 bits per heavy atom. The normalized spacial score (nSPS) is 13.4. The summed E-state index contributed by atoms with van der Waals surface area (Å²) in [4.78, 5) is 45.4. The van der Waals surface area contributed by atoms with Crippen molar-refractivity contribution in [3.05, 3.63) is 245 Å². The molecule has 97 heavy (non-hydrogen) atoms. The van der Waals surface area contributed by atoms with Crippen LogP contribution in [0.3, 0.4) is 0 Å². The molecule has 2 saturated heterocycles. The number of hydrogen-bond donors (Lipinski definition) is 4. The highest BCUT2D eigenvalue weighted by atomic mass is 79.9. The van der Waals surface area contributed by atoms with E-state index in [1.807, 2.05) is 38.1 Å². The van der Waals surface area contributed by atoms with Crippen molar-refractivity contribution in [1.82, 2.24) is 10.6 Å². The van der Waals surface area contributed by atoms with Gasteiger partial charge in [0.1, 0.15) is 27.0 Å². The van der Waals surface area contributed by atoms with Crippen LogP contribution in [0.5, 0.6) is 5.75 Å². The smallest absolute Gasteiger partial charge is 0.488 e. The number of alkyl halides is 12. The summed E-state index contributed by atoms with van der Waals surface area (Å²) < 4.78 is 159. The number of ether oxygens (including phenoxy) is 1. The number of benzene rings is 8. The van der Waals surface area contributed by atoms with Crippen LogP contribution in [0.2, 0.25) is 0 Å². The minimum Gasteiger partial charge on any atom is -0.496 e. The monoisotopic (exact) mass is 1480 g/mol. The van der Waals surface area contributed by atoms with Crippen LogP contribution in [-0.4, -0.2) is 57.3 Å². The van der Waals surface area contributed by atoms with E-state index < -0.39 is 54.1 Å². The van der Waals surface area contributed by atoms with Crippen molar-refractivity contribution in [1.29, 1.82) is 5.26 Å². The molecule has 0 aliphatic carbocycles. The predicted molar refractivity (Wildman–Crippen MR) is 368 cm³/mol. The molecule has 2 heterocycles. The summed E-state index contributed by atoms with van der Waals surface area (Å²) >= 11 is 15.5. The first-order chi connectivity index (χ1) is 45.0. The van der Waals surface area contributed by atoms with Gasteiger partial charge < -0.3 is 25.4 Å². The number of thiocarbonyl (C=S) groups is 2. The van der Waals surface area contributed by atoms with E-state index in [1.54, 1.807) is 91.9 Å². The maximum absolute atomic E-state index is 13.0. The molecule has 28 heteroatoms. The molecule has 2 aliphatic rings. The molecular weight excluding hydrogens is 1430 g/mol. The van der Waals surface area contributed by atoms with E-state index in [1.165, 1.54) is 38.3 Å². The summed E-state index contributed by atoms with van der Waals surface area (Å²) in [5.41, 5.74) is 5.28. The van der Waals surface area contributed by atoms with Crippen LogP contribution in [0, 0.1) is 32.1 Å². The Labute approximate surface area is 578 Å². The third-order valence-corrected chi connectivity index (χ3v) is 16.3. The number of rotatable bonds is 9. The maximum Gasteiger partial charge on any atom is 0.488 e. The molecule has 10 nitrogen and oxygen atoms in total. The molecular formula is C69H55BBrF12N3O7S4. The van der Waals surface area contributed by atoms with Crippen molar-refractivity contribution < 1.29 is 86.6 Å². The summed E-state index contributed by atoms with van der Waals surface area (Å²) in [5.74, 6) is -0.127. The molecule has 2 aliphatic heterocycles. The second-order valence-electron chi connectivity index (χ2n) is 20.0. The lowest BCUT2D eigenvalue weighted by Gasteiger charge is -2.12. The molecule has 0 aromatic heterocycles. The van der Waals surface area contributed by atoms with Gasteiger partial charge in [-0.25, -0.2) is 0 Å². The number of nitriles is 1. The second kappa shape index (κ2) is 36.1. The van der Waals surface area contributed by atoms with Gasteiger partial charge in [-0.2, -0.15) is 57.9 Å². The number of nitrogens with one attached hydrogen (secondary N) is 2. The van der Waals surface area contributed by atoms with Gasteiger partial charge in [-0.1, -0.05) is 174 Å². The Morgan fingerprint density at radius 3 is 1.19 bits per heavy atom. The number of thioether (sulfide) groups is 2. The number of aryl methyl sites for hydroxylation is 3. The van der Waals surface area contributed by atoms with Gasteiger partial charge in [0, 0.05) is 28.1 Å². The lowest BCUT2D eigenvalue weighted by Crippen LogP contribution is -2.30. The fourth-order valence-corrected chi connectivity index (χ4v) is 10.9. The molecule has 0 bridgehead atoms. The molecule has 506 valence electrons. The molecule has 0 spiro atoms. The number of halogens is 13. The predicted octanol–water partition coefficient (Wildman–Crippen LogP) is 18.7. The summed E-state index contributed by atoms with van der Waals surface area (Å²) in [5, 5.41) is 29.6. The zero-order valence-electron chi connectivity index (χ0n) is 50.5. The molecule has 2 amide bonds. The Morgan fingerprint density at radius 1 is 0.505 bits per heavy atom. The van der Waals surface area contributed by atoms with Crippen molar-refractivity contribution in [3.8, 4) is 45.2 Å². The number of aldehydes is 2. The fourth-order valence-electron chi connectivity index (χ4n) is 8.40. The van der Waals surface area contributed by atoms with E-state index in [9.17, 15) is 71.9 Å². The zero-order valence-corrected chi connectivity index (χ0v) is 55.3. The maximum atomic E-state index is 13.0. The number of hydrogen-bond acceptors (Lipinski definition) is 12. The van der Waals surface area contributed by atoms with Crippen LogP contribution >= 0.6 is 63.9 Å². The van der Waals surface area contributed by atoms with E-state index in [2.05, 4.69) is 26.6 Å². The van der Waals surface area contributed by atoms with Gasteiger partial charge in [0.05, 0.1) is 45.2 Å². The van der Waals surface area contributed by atoms with Gasteiger partial charge >= 0.3 is 31.8 Å². The standard InChI is InChI=1S/C18H12F3NO2S2.C18H12F3NOS2.C15H11F3O.C8H7BrO.C7H6BF3O2.C2H3N.CH4/c1-24-14-6-5-10(8-15-16(23)22-17(25)26-15)7-13(14)11-3-2-4-12(9-11)18(19,20)21;1-10-5-6-11(8-15-16(23)22-17(24)25-15)7-14(10)12-3-2-4-13(9-12)18(19,20)21;1-10-5-6-11(9-19)7-14(10)12-3-2-4-13(8-12)15(16,17)18;1-6-2-3-7(5-10)4-8(6)9;9-7(10,11)5-2-1-3-6(4-5)8(12)13;1-2-3;/h2-9H,1H3,(H,22,23,25);2-9H,1H3,(H,22,23,24);2-9H,1H3;2-5H,1H3;1-4,12-13H;1H3;1H4/b2*15-8-;;;;;. The Balaban J connectivity index is 0.000000263. The molecule has 0 radical (unpaired) electrons. The van der Waals surface area contributed by atoms with Gasteiger partial charge in [-0.15, -0.1) is 0 Å². The van der Waals surface area contributed by atoms with Crippen LogP contribution in [0.25, 0.3) is 45.5 Å². The molecule has 0 saturated carbocycles. The Kier molecular flexibility index (Phi) is 30.0. The van der Waals surface area contributed by atoms with Crippen LogP contribution in [0.4, 0.5) is 52.7 Å². The Bertz CT molecular complexity index is 4290. The topological polar surface area (TPSA) is 166 Å². The van der Waals surface area contributed by atoms with E-state index in [-0.39, 0.29) is 24.7 Å². The highest BCUT2D eigenvalue weighted by Gasteiger charge is 2.34. The van der Waals surface area contributed by atoms with E-state index in [4.69, 9.17) is 44.5 Å². The van der Waals surface area contributed by atoms with E-state index in [0.717, 1.165) is 105 Å². The second-order valence-corrected chi connectivity index (χ2v) is 24.3. The van der Waals surface area contributed by atoms with Crippen molar-refractivity contribution in [3.63, 3.8) is 0 Å². The molecule has 10 rings (SSSR count). The van der Waals surface area contributed by atoms with Gasteiger partial charge in [0.15, 0.2) is 0 Å². The van der Waals surface area contributed by atoms with E-state index >= 15 is 0 Å². The van der Waals surface area contributed by atoms with Crippen LogP contribution in [0.1, 0.15) is 85.1 Å². The summed E-state index contributed by atoms with van der Waals surface area (Å²) in [6.07, 6.45) is -12.8. The van der Waals surface area contributed by atoms with Gasteiger partial charge in [0.2, 0.25) is 0 Å². The van der Waals surface area contributed by atoms with Gasteiger partial charge in [-0.3, -0.25) is 19.2 Å². The largest absolute Gasteiger partial charge is 0.496 e. The van der Waals surface area contributed by atoms with Crippen molar-refractivity contribution in [2.24, 2.45) is 0 Å². The number of carbonyl (C=O) groups is 4. The van der Waals surface area contributed by atoms with Crippen molar-refractivity contribution in [2.45, 2.75) is 59.8 Å². The first-order valence-corrected chi connectivity index (χ1v) is 30.7.